The third kappa shape index (κ3) is 5.06. The van der Waals surface area contributed by atoms with Crippen molar-refractivity contribution < 1.29 is 14.7 Å². The first-order chi connectivity index (χ1) is 10.1. The summed E-state index contributed by atoms with van der Waals surface area (Å²) in [6.07, 6.45) is 5.96. The molecule has 0 saturated carbocycles. The summed E-state index contributed by atoms with van der Waals surface area (Å²) in [5, 5.41) is 11.8. The number of allylic oxidation sites excluding steroid dienone is 1. The van der Waals surface area contributed by atoms with Crippen molar-refractivity contribution in [3.8, 4) is 0 Å². The molecule has 1 aliphatic rings. The van der Waals surface area contributed by atoms with E-state index in [0.29, 0.717) is 12.8 Å². The minimum atomic E-state index is -0.831. The maximum absolute atomic E-state index is 12.2. The molecule has 4 nitrogen and oxygen atoms in total. The third-order valence-electron chi connectivity index (χ3n) is 3.70. The molecule has 0 fully saturated rings. The first kappa shape index (κ1) is 15.3. The van der Waals surface area contributed by atoms with E-state index in [2.05, 4.69) is 5.32 Å². The van der Waals surface area contributed by atoms with Gasteiger partial charge < -0.3 is 10.4 Å². The minimum absolute atomic E-state index is 0.0428. The Labute approximate surface area is 124 Å². The fourth-order valence-corrected chi connectivity index (χ4v) is 2.58. The van der Waals surface area contributed by atoms with Gasteiger partial charge >= 0.3 is 5.97 Å². The van der Waals surface area contributed by atoms with Crippen LogP contribution >= 0.6 is 0 Å². The SMILES string of the molecule is O=C(O)CCC(Cc1ccccc1)NC(=O)C1=CCCC1. The zero-order chi connectivity index (χ0) is 15.1. The summed E-state index contributed by atoms with van der Waals surface area (Å²) in [4.78, 5) is 22.9. The van der Waals surface area contributed by atoms with Gasteiger partial charge in [-0.1, -0.05) is 36.4 Å². The fraction of sp³-hybridized carbons (Fsp3) is 0.412. The van der Waals surface area contributed by atoms with Gasteiger partial charge in [0.15, 0.2) is 0 Å². The van der Waals surface area contributed by atoms with Crippen LogP contribution in [-0.2, 0) is 16.0 Å². The van der Waals surface area contributed by atoms with Crippen LogP contribution in [0.2, 0.25) is 0 Å². The Balaban J connectivity index is 1.97. The lowest BCUT2D eigenvalue weighted by molar-refractivity contribution is -0.137. The van der Waals surface area contributed by atoms with E-state index in [4.69, 9.17) is 5.11 Å². The van der Waals surface area contributed by atoms with Gasteiger partial charge in [0.05, 0.1) is 0 Å². The summed E-state index contributed by atoms with van der Waals surface area (Å²) in [7, 11) is 0. The molecule has 1 atom stereocenters. The number of benzene rings is 1. The monoisotopic (exact) mass is 287 g/mol. The van der Waals surface area contributed by atoms with Crippen LogP contribution in [-0.4, -0.2) is 23.0 Å². The van der Waals surface area contributed by atoms with Crippen LogP contribution in [0.5, 0.6) is 0 Å². The quantitative estimate of drug-likeness (QED) is 0.810. The number of nitrogens with one attached hydrogen (secondary N) is 1. The number of carboxylic acids is 1. The number of hydrogen-bond donors (Lipinski definition) is 2. The largest absolute Gasteiger partial charge is 0.481 e. The van der Waals surface area contributed by atoms with Crippen molar-refractivity contribution in [3.05, 3.63) is 47.5 Å². The van der Waals surface area contributed by atoms with Gasteiger partial charge in [0, 0.05) is 18.0 Å². The highest BCUT2D eigenvalue weighted by Gasteiger charge is 2.18. The zero-order valence-corrected chi connectivity index (χ0v) is 12.0. The van der Waals surface area contributed by atoms with Gasteiger partial charge in [-0.25, -0.2) is 0 Å². The van der Waals surface area contributed by atoms with E-state index in [1.54, 1.807) is 0 Å². The second kappa shape index (κ2) is 7.62. The first-order valence-corrected chi connectivity index (χ1v) is 7.41. The topological polar surface area (TPSA) is 66.4 Å². The van der Waals surface area contributed by atoms with Crippen LogP contribution in [0.25, 0.3) is 0 Å². The molecule has 0 spiro atoms. The summed E-state index contributed by atoms with van der Waals surface area (Å²) < 4.78 is 0. The van der Waals surface area contributed by atoms with E-state index < -0.39 is 5.97 Å². The highest BCUT2D eigenvalue weighted by molar-refractivity contribution is 5.94. The summed E-state index contributed by atoms with van der Waals surface area (Å²) in [6.45, 7) is 0. The van der Waals surface area contributed by atoms with E-state index in [-0.39, 0.29) is 18.4 Å². The molecule has 1 amide bonds. The Kier molecular flexibility index (Phi) is 5.55. The maximum atomic E-state index is 12.2. The van der Waals surface area contributed by atoms with Crippen LogP contribution < -0.4 is 5.32 Å². The molecule has 4 heteroatoms. The molecule has 1 aliphatic carbocycles. The van der Waals surface area contributed by atoms with Gasteiger partial charge in [0.2, 0.25) is 5.91 Å². The Morgan fingerprint density at radius 2 is 2.00 bits per heavy atom. The number of carboxylic acid groups (broad SMARTS) is 1. The lowest BCUT2D eigenvalue weighted by Gasteiger charge is -2.18. The average molecular weight is 287 g/mol. The molecule has 1 aromatic carbocycles. The van der Waals surface area contributed by atoms with Gasteiger partial charge in [0.25, 0.3) is 0 Å². The molecule has 0 saturated heterocycles. The number of rotatable bonds is 7. The van der Waals surface area contributed by atoms with E-state index in [9.17, 15) is 9.59 Å². The van der Waals surface area contributed by atoms with Crippen molar-refractivity contribution in [1.29, 1.82) is 0 Å². The zero-order valence-electron chi connectivity index (χ0n) is 12.0. The van der Waals surface area contributed by atoms with Gasteiger partial charge in [-0.05, 0) is 37.7 Å². The van der Waals surface area contributed by atoms with Crippen LogP contribution in [0.3, 0.4) is 0 Å². The van der Waals surface area contributed by atoms with Crippen LogP contribution in [0.15, 0.2) is 42.0 Å². The normalized spacial score (nSPS) is 15.3. The molecule has 1 aromatic rings. The highest BCUT2D eigenvalue weighted by atomic mass is 16.4. The summed E-state index contributed by atoms with van der Waals surface area (Å²) in [5.41, 5.74) is 1.94. The maximum Gasteiger partial charge on any atom is 0.303 e. The van der Waals surface area contributed by atoms with E-state index in [1.807, 2.05) is 36.4 Å². The standard InChI is InChI=1S/C17H21NO3/c19-16(20)11-10-15(12-13-6-2-1-3-7-13)18-17(21)14-8-4-5-9-14/h1-3,6-8,15H,4-5,9-12H2,(H,18,21)(H,19,20). The molecule has 0 radical (unpaired) electrons. The number of carbonyl (C=O) groups is 2. The van der Waals surface area contributed by atoms with Gasteiger partial charge in [-0.2, -0.15) is 0 Å². The highest BCUT2D eigenvalue weighted by Crippen LogP contribution is 2.18. The molecular weight excluding hydrogens is 266 g/mol. The van der Waals surface area contributed by atoms with Crippen LogP contribution in [0, 0.1) is 0 Å². The molecule has 0 bridgehead atoms. The summed E-state index contributed by atoms with van der Waals surface area (Å²) in [6, 6.07) is 9.69. The molecule has 2 N–H and O–H groups in total. The molecule has 2 rings (SSSR count). The fourth-order valence-electron chi connectivity index (χ4n) is 2.58. The van der Waals surface area contributed by atoms with Crippen molar-refractivity contribution in [1.82, 2.24) is 5.32 Å². The van der Waals surface area contributed by atoms with Crippen LogP contribution in [0.4, 0.5) is 0 Å². The van der Waals surface area contributed by atoms with E-state index in [0.717, 1.165) is 30.4 Å². The Bertz CT molecular complexity index is 522. The predicted octanol–water partition coefficient (Wildman–Crippen LogP) is 2.69. The third-order valence-corrected chi connectivity index (χ3v) is 3.70. The molecular formula is C17H21NO3. The van der Waals surface area contributed by atoms with Gasteiger partial charge in [-0.3, -0.25) is 9.59 Å². The second-order valence-electron chi connectivity index (χ2n) is 5.41. The van der Waals surface area contributed by atoms with Gasteiger partial charge in [0.1, 0.15) is 0 Å². The number of amides is 1. The predicted molar refractivity (Wildman–Crippen MR) is 80.9 cm³/mol. The molecule has 112 valence electrons. The molecule has 0 aliphatic heterocycles. The summed E-state index contributed by atoms with van der Waals surface area (Å²) >= 11 is 0. The van der Waals surface area contributed by atoms with Gasteiger partial charge in [-0.15, -0.1) is 0 Å². The lowest BCUT2D eigenvalue weighted by atomic mass is 10.0. The van der Waals surface area contributed by atoms with Crippen molar-refractivity contribution in [2.75, 3.05) is 0 Å². The number of carbonyl (C=O) groups excluding carboxylic acids is 1. The lowest BCUT2D eigenvalue weighted by Crippen LogP contribution is -2.37. The van der Waals surface area contributed by atoms with Crippen molar-refractivity contribution >= 4 is 11.9 Å². The van der Waals surface area contributed by atoms with Crippen molar-refractivity contribution in [2.24, 2.45) is 0 Å². The minimum Gasteiger partial charge on any atom is -0.481 e. The molecule has 1 unspecified atom stereocenters. The van der Waals surface area contributed by atoms with E-state index >= 15 is 0 Å². The van der Waals surface area contributed by atoms with Crippen molar-refractivity contribution in [2.45, 2.75) is 44.6 Å². The molecule has 0 aromatic heterocycles. The molecule has 21 heavy (non-hydrogen) atoms. The number of hydrogen-bond acceptors (Lipinski definition) is 2. The average Bonchev–Trinajstić information content (AvgIpc) is 3.00. The molecule has 0 heterocycles. The van der Waals surface area contributed by atoms with Crippen molar-refractivity contribution in [3.63, 3.8) is 0 Å². The Morgan fingerprint density at radius 3 is 2.62 bits per heavy atom. The second-order valence-corrected chi connectivity index (χ2v) is 5.41. The summed E-state index contributed by atoms with van der Waals surface area (Å²) in [5.74, 6) is -0.874. The Hall–Kier alpha value is -2.10. The number of aliphatic carboxylic acids is 1. The van der Waals surface area contributed by atoms with Crippen LogP contribution in [0.1, 0.15) is 37.7 Å². The smallest absolute Gasteiger partial charge is 0.303 e. The Morgan fingerprint density at radius 1 is 1.24 bits per heavy atom. The van der Waals surface area contributed by atoms with E-state index in [1.165, 1.54) is 0 Å². The first-order valence-electron chi connectivity index (χ1n) is 7.41.